The lowest BCUT2D eigenvalue weighted by Crippen LogP contribution is -2.50. The molecule has 0 heterocycles. The first kappa shape index (κ1) is 14.8. The summed E-state index contributed by atoms with van der Waals surface area (Å²) in [7, 11) is 0. The second kappa shape index (κ2) is 6.74. The first-order chi connectivity index (χ1) is 9.22. The van der Waals surface area contributed by atoms with E-state index in [1.807, 2.05) is 0 Å². The molecule has 0 saturated heterocycles. The standard InChI is InChI=1S/C16H30N2O/c1-2-14(13-8-4-3-5-9-13)18-15(19)16(12-17)10-6-7-11-16/h13-14H,2-12,17H2,1H3,(H,18,19). The molecule has 0 aliphatic heterocycles. The van der Waals surface area contributed by atoms with Crippen LogP contribution in [0.1, 0.15) is 71.1 Å². The minimum atomic E-state index is -0.248. The van der Waals surface area contributed by atoms with Crippen molar-refractivity contribution in [3.05, 3.63) is 0 Å². The number of carbonyl (C=O) groups is 1. The minimum Gasteiger partial charge on any atom is -0.353 e. The highest BCUT2D eigenvalue weighted by Gasteiger charge is 2.41. The average Bonchev–Trinajstić information content (AvgIpc) is 2.95. The minimum absolute atomic E-state index is 0.241. The van der Waals surface area contributed by atoms with E-state index in [2.05, 4.69) is 12.2 Å². The quantitative estimate of drug-likeness (QED) is 0.803. The summed E-state index contributed by atoms with van der Waals surface area (Å²) < 4.78 is 0. The summed E-state index contributed by atoms with van der Waals surface area (Å²) in [5.74, 6) is 0.934. The largest absolute Gasteiger partial charge is 0.353 e. The lowest BCUT2D eigenvalue weighted by atomic mass is 9.81. The fraction of sp³-hybridized carbons (Fsp3) is 0.938. The molecule has 2 aliphatic carbocycles. The molecule has 2 aliphatic rings. The zero-order chi connectivity index (χ0) is 13.7. The Hall–Kier alpha value is -0.570. The van der Waals surface area contributed by atoms with Crippen LogP contribution in [0.15, 0.2) is 0 Å². The molecule has 1 unspecified atom stereocenters. The molecule has 1 atom stereocenters. The monoisotopic (exact) mass is 266 g/mol. The summed E-state index contributed by atoms with van der Waals surface area (Å²) in [5, 5.41) is 3.35. The molecule has 0 aromatic heterocycles. The number of amides is 1. The number of nitrogens with one attached hydrogen (secondary N) is 1. The van der Waals surface area contributed by atoms with Crippen molar-refractivity contribution in [2.75, 3.05) is 6.54 Å². The first-order valence-corrected chi connectivity index (χ1v) is 8.23. The van der Waals surface area contributed by atoms with Crippen molar-refractivity contribution >= 4 is 5.91 Å². The summed E-state index contributed by atoms with van der Waals surface area (Å²) in [5.41, 5.74) is 5.66. The van der Waals surface area contributed by atoms with Gasteiger partial charge in [-0.15, -0.1) is 0 Å². The fourth-order valence-electron chi connectivity index (χ4n) is 3.99. The van der Waals surface area contributed by atoms with E-state index in [0.717, 1.165) is 32.1 Å². The van der Waals surface area contributed by atoms with Gasteiger partial charge in [-0.05, 0) is 38.0 Å². The van der Waals surface area contributed by atoms with Crippen LogP contribution < -0.4 is 11.1 Å². The maximum atomic E-state index is 12.6. The summed E-state index contributed by atoms with van der Waals surface area (Å²) in [6, 6.07) is 0.372. The molecule has 2 fully saturated rings. The van der Waals surface area contributed by atoms with Crippen molar-refractivity contribution in [1.29, 1.82) is 0 Å². The zero-order valence-electron chi connectivity index (χ0n) is 12.4. The predicted molar refractivity (Wildman–Crippen MR) is 78.8 cm³/mol. The Kier molecular flexibility index (Phi) is 5.26. The highest BCUT2D eigenvalue weighted by molar-refractivity contribution is 5.83. The van der Waals surface area contributed by atoms with Gasteiger partial charge in [-0.1, -0.05) is 39.0 Å². The second-order valence-corrected chi connectivity index (χ2v) is 6.58. The highest BCUT2D eigenvalue weighted by atomic mass is 16.2. The Bertz CT molecular complexity index is 291. The SMILES string of the molecule is CCC(NC(=O)C1(CN)CCCC1)C1CCCCC1. The maximum absolute atomic E-state index is 12.6. The Morgan fingerprint density at radius 3 is 2.37 bits per heavy atom. The molecule has 0 spiro atoms. The summed E-state index contributed by atoms with van der Waals surface area (Å²) in [6.45, 7) is 2.71. The predicted octanol–water partition coefficient (Wildman–Crippen LogP) is 2.98. The molecular weight excluding hydrogens is 236 g/mol. The topological polar surface area (TPSA) is 55.1 Å². The van der Waals surface area contributed by atoms with Gasteiger partial charge in [0.1, 0.15) is 0 Å². The molecule has 0 bridgehead atoms. The van der Waals surface area contributed by atoms with Crippen LogP contribution >= 0.6 is 0 Å². The normalized spacial score (nSPS) is 25.2. The van der Waals surface area contributed by atoms with Crippen molar-refractivity contribution in [2.45, 2.75) is 77.2 Å². The average molecular weight is 266 g/mol. The van der Waals surface area contributed by atoms with Crippen molar-refractivity contribution in [2.24, 2.45) is 17.1 Å². The molecular formula is C16H30N2O. The fourth-order valence-corrected chi connectivity index (χ4v) is 3.99. The molecule has 110 valence electrons. The molecule has 3 heteroatoms. The third-order valence-electron chi connectivity index (χ3n) is 5.41. The highest BCUT2D eigenvalue weighted by Crippen LogP contribution is 2.38. The van der Waals surface area contributed by atoms with Gasteiger partial charge in [0.25, 0.3) is 0 Å². The van der Waals surface area contributed by atoms with Crippen LogP contribution in [-0.2, 0) is 4.79 Å². The van der Waals surface area contributed by atoms with E-state index < -0.39 is 0 Å². The van der Waals surface area contributed by atoms with Gasteiger partial charge in [-0.3, -0.25) is 4.79 Å². The van der Waals surface area contributed by atoms with Gasteiger partial charge < -0.3 is 11.1 Å². The Morgan fingerprint density at radius 1 is 1.21 bits per heavy atom. The van der Waals surface area contributed by atoms with Gasteiger partial charge in [0.2, 0.25) is 5.91 Å². The van der Waals surface area contributed by atoms with Crippen LogP contribution in [0, 0.1) is 11.3 Å². The number of nitrogens with two attached hydrogens (primary N) is 1. The number of hydrogen-bond acceptors (Lipinski definition) is 2. The van der Waals surface area contributed by atoms with Gasteiger partial charge >= 0.3 is 0 Å². The van der Waals surface area contributed by atoms with E-state index >= 15 is 0 Å². The van der Waals surface area contributed by atoms with Crippen molar-refractivity contribution in [3.63, 3.8) is 0 Å². The zero-order valence-corrected chi connectivity index (χ0v) is 12.4. The van der Waals surface area contributed by atoms with E-state index in [1.165, 1.54) is 32.1 Å². The summed E-state index contributed by atoms with van der Waals surface area (Å²) in [6.07, 6.45) is 11.9. The Labute approximate surface area is 117 Å². The van der Waals surface area contributed by atoms with Crippen LogP contribution in [0.5, 0.6) is 0 Å². The van der Waals surface area contributed by atoms with E-state index in [9.17, 15) is 4.79 Å². The Balaban J connectivity index is 1.95. The number of hydrogen-bond donors (Lipinski definition) is 2. The van der Waals surface area contributed by atoms with Crippen molar-refractivity contribution < 1.29 is 4.79 Å². The third kappa shape index (κ3) is 3.31. The van der Waals surface area contributed by atoms with Gasteiger partial charge in [0.05, 0.1) is 5.41 Å². The lowest BCUT2D eigenvalue weighted by Gasteiger charge is -2.34. The van der Waals surface area contributed by atoms with Gasteiger partial charge in [-0.25, -0.2) is 0 Å². The molecule has 1 amide bonds. The molecule has 19 heavy (non-hydrogen) atoms. The van der Waals surface area contributed by atoms with Crippen LogP contribution in [-0.4, -0.2) is 18.5 Å². The van der Waals surface area contributed by atoms with Crippen molar-refractivity contribution in [1.82, 2.24) is 5.32 Å². The third-order valence-corrected chi connectivity index (χ3v) is 5.41. The van der Waals surface area contributed by atoms with Crippen LogP contribution in [0.25, 0.3) is 0 Å². The van der Waals surface area contributed by atoms with Crippen LogP contribution in [0.4, 0.5) is 0 Å². The maximum Gasteiger partial charge on any atom is 0.227 e. The lowest BCUT2D eigenvalue weighted by molar-refractivity contribution is -0.131. The molecule has 3 nitrogen and oxygen atoms in total. The van der Waals surface area contributed by atoms with Crippen LogP contribution in [0.3, 0.4) is 0 Å². The summed E-state index contributed by atoms with van der Waals surface area (Å²) in [4.78, 5) is 12.6. The van der Waals surface area contributed by atoms with Crippen LogP contribution in [0.2, 0.25) is 0 Å². The molecule has 3 N–H and O–H groups in total. The molecule has 2 rings (SSSR count). The van der Waals surface area contributed by atoms with Gasteiger partial charge in [-0.2, -0.15) is 0 Å². The summed E-state index contributed by atoms with van der Waals surface area (Å²) >= 11 is 0. The van der Waals surface area contributed by atoms with Crippen molar-refractivity contribution in [3.8, 4) is 0 Å². The van der Waals surface area contributed by atoms with E-state index in [1.54, 1.807) is 0 Å². The number of carbonyl (C=O) groups excluding carboxylic acids is 1. The molecule has 0 radical (unpaired) electrons. The molecule has 2 saturated carbocycles. The smallest absolute Gasteiger partial charge is 0.227 e. The number of rotatable bonds is 5. The first-order valence-electron chi connectivity index (χ1n) is 8.23. The van der Waals surface area contributed by atoms with Gasteiger partial charge in [0, 0.05) is 12.6 Å². The van der Waals surface area contributed by atoms with Gasteiger partial charge in [0.15, 0.2) is 0 Å². The second-order valence-electron chi connectivity index (χ2n) is 6.58. The molecule has 0 aromatic carbocycles. The van der Waals surface area contributed by atoms with E-state index in [-0.39, 0.29) is 11.3 Å². The molecule has 0 aromatic rings. The Morgan fingerprint density at radius 2 is 1.84 bits per heavy atom. The van der Waals surface area contributed by atoms with E-state index in [0.29, 0.717) is 18.5 Å². The van der Waals surface area contributed by atoms with E-state index in [4.69, 9.17) is 5.73 Å².